The van der Waals surface area contributed by atoms with Gasteiger partial charge in [0, 0.05) is 11.1 Å². The quantitative estimate of drug-likeness (QED) is 0.626. The molecule has 7 heteroatoms. The Morgan fingerprint density at radius 2 is 2.03 bits per heavy atom. The summed E-state index contributed by atoms with van der Waals surface area (Å²) in [6, 6.07) is 11.5. The molecule has 0 aliphatic carbocycles. The number of halogens is 1. The molecule has 1 N–H and O–H groups in total. The summed E-state index contributed by atoms with van der Waals surface area (Å²) >= 11 is 0. The van der Waals surface area contributed by atoms with Crippen LogP contribution in [0.5, 0.6) is 0 Å². The third-order valence-electron chi connectivity index (χ3n) is 5.15. The molecule has 1 heterocycles. The molecule has 3 rings (SSSR count). The van der Waals surface area contributed by atoms with Crippen LogP contribution in [0.3, 0.4) is 0 Å². The van der Waals surface area contributed by atoms with Crippen LogP contribution in [0.15, 0.2) is 42.7 Å². The van der Waals surface area contributed by atoms with Crippen molar-refractivity contribution in [2.75, 3.05) is 0 Å². The highest BCUT2D eigenvalue weighted by atomic mass is 19.1. The summed E-state index contributed by atoms with van der Waals surface area (Å²) in [6.45, 7) is 6.52. The van der Waals surface area contributed by atoms with Crippen molar-refractivity contribution >= 4 is 22.7 Å². The van der Waals surface area contributed by atoms with E-state index >= 15 is 0 Å². The van der Waals surface area contributed by atoms with Crippen LogP contribution in [0, 0.1) is 17.1 Å². The average molecular weight is 406 g/mol. The van der Waals surface area contributed by atoms with Gasteiger partial charge in [-0.25, -0.2) is 9.37 Å². The zero-order valence-electron chi connectivity index (χ0n) is 17.4. The van der Waals surface area contributed by atoms with Gasteiger partial charge in [-0.15, -0.1) is 0 Å². The molecule has 6 nitrogen and oxygen atoms in total. The van der Waals surface area contributed by atoms with E-state index in [2.05, 4.69) is 16.4 Å². The number of fused-ring (bicyclic) bond motifs is 1. The van der Waals surface area contributed by atoms with E-state index in [0.717, 1.165) is 0 Å². The minimum atomic E-state index is -0.938. The monoisotopic (exact) mass is 406 g/mol. The summed E-state index contributed by atoms with van der Waals surface area (Å²) in [5.41, 5.74) is 1.73. The summed E-state index contributed by atoms with van der Waals surface area (Å²) in [4.78, 5) is 28.8. The number of rotatable bonds is 6. The highest BCUT2D eigenvalue weighted by molar-refractivity contribution is 6.05. The van der Waals surface area contributed by atoms with E-state index in [-0.39, 0.29) is 18.2 Å². The summed E-state index contributed by atoms with van der Waals surface area (Å²) in [5.74, 6) is -0.874. The first-order valence-electron chi connectivity index (χ1n) is 9.59. The summed E-state index contributed by atoms with van der Waals surface area (Å²) in [6.07, 6.45) is 1.53. The number of hydrogen-bond acceptors (Lipinski definition) is 4. The number of nitrogens with zero attached hydrogens (tertiary/aromatic N) is 3. The zero-order valence-corrected chi connectivity index (χ0v) is 17.4. The zero-order chi connectivity index (χ0) is 22.1. The van der Waals surface area contributed by atoms with Gasteiger partial charge in [-0.05, 0) is 51.5 Å². The van der Waals surface area contributed by atoms with Crippen molar-refractivity contribution in [1.29, 1.82) is 5.26 Å². The minimum Gasteiger partial charge on any atom is -0.348 e. The number of ketones is 1. The lowest BCUT2D eigenvalue weighted by Gasteiger charge is -2.20. The Morgan fingerprint density at radius 3 is 2.67 bits per heavy atom. The van der Waals surface area contributed by atoms with Gasteiger partial charge in [-0.3, -0.25) is 9.59 Å². The van der Waals surface area contributed by atoms with Gasteiger partial charge in [0.2, 0.25) is 5.91 Å². The van der Waals surface area contributed by atoms with Crippen molar-refractivity contribution in [2.24, 2.45) is 0 Å². The second-order valence-corrected chi connectivity index (χ2v) is 7.87. The molecule has 0 unspecified atom stereocenters. The highest BCUT2D eigenvalue weighted by Gasteiger charge is 2.24. The summed E-state index contributed by atoms with van der Waals surface area (Å²) in [7, 11) is 0. The Hall–Kier alpha value is -3.53. The lowest BCUT2D eigenvalue weighted by atomic mass is 9.85. The standard InChI is InChI=1S/C23H23FN4O2/c1-14(16-8-9-18(19(24)10-16)23(3,4)12-25)27-21(30)11-28-13-26-20-7-5-6-17(15(2)29)22(20)28/h5-10,13-14H,11H2,1-4H3,(H,27,30)/t14-/m0/s1. The third-order valence-corrected chi connectivity index (χ3v) is 5.15. The van der Waals surface area contributed by atoms with Crippen molar-refractivity contribution in [3.8, 4) is 6.07 Å². The molecule has 0 radical (unpaired) electrons. The molecule has 154 valence electrons. The van der Waals surface area contributed by atoms with Gasteiger partial charge in [0.25, 0.3) is 0 Å². The number of para-hydroxylation sites is 1. The average Bonchev–Trinajstić information content (AvgIpc) is 3.10. The number of imidazole rings is 1. The fourth-order valence-electron chi connectivity index (χ4n) is 3.42. The van der Waals surface area contributed by atoms with E-state index in [1.165, 1.54) is 19.3 Å². The van der Waals surface area contributed by atoms with E-state index in [9.17, 15) is 19.2 Å². The van der Waals surface area contributed by atoms with Gasteiger partial charge in [0.15, 0.2) is 5.78 Å². The van der Waals surface area contributed by atoms with Gasteiger partial charge >= 0.3 is 0 Å². The molecule has 1 amide bonds. The molecule has 0 saturated heterocycles. The number of Topliss-reactive ketones (excluding diaryl/α,β-unsaturated/α-hetero) is 1. The molecule has 0 bridgehead atoms. The smallest absolute Gasteiger partial charge is 0.240 e. The van der Waals surface area contributed by atoms with Crippen LogP contribution in [0.2, 0.25) is 0 Å². The lowest BCUT2D eigenvalue weighted by Crippen LogP contribution is -2.30. The summed E-state index contributed by atoms with van der Waals surface area (Å²) in [5, 5.41) is 12.1. The number of aromatic nitrogens is 2. The van der Waals surface area contributed by atoms with Gasteiger partial charge in [0.05, 0.1) is 34.9 Å². The second kappa shape index (κ2) is 8.07. The number of amides is 1. The van der Waals surface area contributed by atoms with Gasteiger partial charge < -0.3 is 9.88 Å². The van der Waals surface area contributed by atoms with Crippen molar-refractivity contribution in [3.63, 3.8) is 0 Å². The topological polar surface area (TPSA) is 87.8 Å². The van der Waals surface area contributed by atoms with Crippen molar-refractivity contribution in [1.82, 2.24) is 14.9 Å². The maximum absolute atomic E-state index is 14.5. The van der Waals surface area contributed by atoms with Crippen LogP contribution in [0.25, 0.3) is 11.0 Å². The fraction of sp³-hybridized carbons (Fsp3) is 0.304. The molecule has 0 aliphatic rings. The van der Waals surface area contributed by atoms with Crippen LogP contribution < -0.4 is 5.32 Å². The van der Waals surface area contributed by atoms with Crippen molar-refractivity contribution in [2.45, 2.75) is 45.7 Å². The Balaban J connectivity index is 1.78. The number of nitrogens with one attached hydrogen (secondary N) is 1. The van der Waals surface area contributed by atoms with Crippen LogP contribution in [0.4, 0.5) is 4.39 Å². The molecular formula is C23H23FN4O2. The third kappa shape index (κ3) is 4.08. The highest BCUT2D eigenvalue weighted by Crippen LogP contribution is 2.27. The minimum absolute atomic E-state index is 0.0207. The largest absolute Gasteiger partial charge is 0.348 e. The molecular weight excluding hydrogens is 383 g/mol. The van der Waals surface area contributed by atoms with Crippen LogP contribution in [-0.4, -0.2) is 21.2 Å². The Bertz CT molecular complexity index is 1170. The van der Waals surface area contributed by atoms with Gasteiger partial charge in [-0.1, -0.05) is 18.2 Å². The van der Waals surface area contributed by atoms with E-state index in [1.54, 1.807) is 55.7 Å². The van der Waals surface area contributed by atoms with Crippen LogP contribution in [0.1, 0.15) is 55.2 Å². The maximum Gasteiger partial charge on any atom is 0.240 e. The van der Waals surface area contributed by atoms with E-state index in [4.69, 9.17) is 0 Å². The number of benzene rings is 2. The summed E-state index contributed by atoms with van der Waals surface area (Å²) < 4.78 is 16.2. The van der Waals surface area contributed by atoms with Gasteiger partial charge in [0.1, 0.15) is 12.4 Å². The second-order valence-electron chi connectivity index (χ2n) is 7.87. The Morgan fingerprint density at radius 1 is 1.30 bits per heavy atom. The first-order chi connectivity index (χ1) is 14.1. The number of hydrogen-bond donors (Lipinski definition) is 1. The molecule has 3 aromatic rings. The van der Waals surface area contributed by atoms with Crippen molar-refractivity contribution in [3.05, 3.63) is 65.2 Å². The van der Waals surface area contributed by atoms with Crippen LogP contribution in [-0.2, 0) is 16.8 Å². The number of nitriles is 1. The molecule has 0 aliphatic heterocycles. The first-order valence-corrected chi connectivity index (χ1v) is 9.59. The Kier molecular flexibility index (Phi) is 5.70. The van der Waals surface area contributed by atoms with Gasteiger partial charge in [-0.2, -0.15) is 5.26 Å². The molecule has 30 heavy (non-hydrogen) atoms. The molecule has 1 aromatic heterocycles. The lowest BCUT2D eigenvalue weighted by molar-refractivity contribution is -0.122. The molecule has 1 atom stereocenters. The van der Waals surface area contributed by atoms with Crippen LogP contribution >= 0.6 is 0 Å². The normalized spacial score (nSPS) is 12.4. The Labute approximate surface area is 174 Å². The van der Waals surface area contributed by atoms with E-state index < -0.39 is 17.3 Å². The molecule has 2 aromatic carbocycles. The fourth-order valence-corrected chi connectivity index (χ4v) is 3.42. The van der Waals surface area contributed by atoms with E-state index in [1.807, 2.05) is 0 Å². The molecule has 0 spiro atoms. The van der Waals surface area contributed by atoms with E-state index in [0.29, 0.717) is 27.7 Å². The maximum atomic E-state index is 14.5. The predicted molar refractivity (Wildman–Crippen MR) is 111 cm³/mol. The SMILES string of the molecule is CC(=O)c1cccc2ncn(CC(=O)N[C@@H](C)c3ccc(C(C)(C)C#N)c(F)c3)c12. The first kappa shape index (κ1) is 21.2. The number of carbonyl (C=O) groups excluding carboxylic acids is 2. The number of carbonyl (C=O) groups is 2. The molecule has 0 fully saturated rings. The molecule has 0 saturated carbocycles. The van der Waals surface area contributed by atoms with Crippen molar-refractivity contribution < 1.29 is 14.0 Å². The predicted octanol–water partition coefficient (Wildman–Crippen LogP) is 4.06.